The number of nitro groups is 1. The van der Waals surface area contributed by atoms with Crippen LogP contribution in [0.5, 0.6) is 0 Å². The second-order valence-electron chi connectivity index (χ2n) is 13.0. The average molecular weight is 648 g/mol. The second kappa shape index (κ2) is 13.1. The summed E-state index contributed by atoms with van der Waals surface area (Å²) in [5.74, 6) is -0.790. The van der Waals surface area contributed by atoms with Crippen LogP contribution >= 0.6 is 11.6 Å². The van der Waals surface area contributed by atoms with E-state index < -0.39 is 53.5 Å². The van der Waals surface area contributed by atoms with Crippen molar-refractivity contribution >= 4 is 38.9 Å². The van der Waals surface area contributed by atoms with E-state index in [4.69, 9.17) is 17.3 Å². The molecule has 11 nitrogen and oxygen atoms in total. The molecule has 2 aromatic rings. The zero-order valence-electron chi connectivity index (χ0n) is 25.5. The average Bonchev–Trinajstić information content (AvgIpc) is 2.98. The van der Waals surface area contributed by atoms with Gasteiger partial charge < -0.3 is 11.1 Å². The number of nitrogens with zero attached hydrogens (tertiary/aromatic N) is 2. The summed E-state index contributed by atoms with van der Waals surface area (Å²) in [5.41, 5.74) is 7.98. The van der Waals surface area contributed by atoms with Crippen LogP contribution in [0.1, 0.15) is 71.3 Å². The van der Waals surface area contributed by atoms with Crippen LogP contribution in [-0.4, -0.2) is 53.7 Å². The minimum atomic E-state index is -4.81. The molecule has 0 aromatic heterocycles. The third kappa shape index (κ3) is 7.09. The first kappa shape index (κ1) is 33.8. The highest BCUT2D eigenvalue weighted by Crippen LogP contribution is 2.46. The maximum atomic E-state index is 14.1. The number of nitro benzene ring substituents is 1. The number of hydrogen-bond acceptors (Lipinski definition) is 8. The highest BCUT2D eigenvalue weighted by Gasteiger charge is 2.52. The molecular formula is C31H42ClN5O6S. The number of carbonyl (C=O) groups excluding carboxylic acids is 2. The first-order valence-electron chi connectivity index (χ1n) is 15.0. The van der Waals surface area contributed by atoms with Crippen LogP contribution in [0, 0.1) is 21.4 Å². The Kier molecular flexibility index (Phi) is 10.1. The fourth-order valence-electron chi connectivity index (χ4n) is 6.43. The van der Waals surface area contributed by atoms with Gasteiger partial charge in [0.15, 0.2) is 0 Å². The third-order valence-electron chi connectivity index (χ3n) is 8.84. The Bertz CT molecular complexity index is 1480. The van der Waals surface area contributed by atoms with Gasteiger partial charge in [-0.05, 0) is 76.1 Å². The van der Waals surface area contributed by atoms with Gasteiger partial charge in [-0.25, -0.2) is 13.4 Å². The standard InChI is InChI=1S/C31H42ClN5O6S/c1-29(2,3)34-27(38)30(23-9-5-4-6-10-23)17-19-36(20-18-30)35-28(39)31(33,21-22-13-15-24(32)16-14-22)44(42,43)26-12-8-7-11-25(26)37(40)41/h7-8,11-16,23H,4-6,9-10,17-21,33H2,1-3H3,(H,34,38)(H,35,39)/t31-/m1/s1. The van der Waals surface area contributed by atoms with Gasteiger partial charge in [0.2, 0.25) is 20.6 Å². The van der Waals surface area contributed by atoms with Crippen LogP contribution in [0.4, 0.5) is 5.69 Å². The van der Waals surface area contributed by atoms with Gasteiger partial charge in [0, 0.05) is 36.1 Å². The lowest BCUT2D eigenvalue weighted by atomic mass is 9.63. The van der Waals surface area contributed by atoms with Crippen LogP contribution in [0.25, 0.3) is 0 Å². The first-order valence-corrected chi connectivity index (χ1v) is 16.9. The number of hydrazine groups is 1. The number of hydrogen-bond donors (Lipinski definition) is 3. The number of para-hydroxylation sites is 1. The van der Waals surface area contributed by atoms with Crippen molar-refractivity contribution in [1.82, 2.24) is 15.8 Å². The van der Waals surface area contributed by atoms with E-state index in [1.54, 1.807) is 29.3 Å². The highest BCUT2D eigenvalue weighted by molar-refractivity contribution is 7.93. The Morgan fingerprint density at radius 3 is 2.20 bits per heavy atom. The second-order valence-corrected chi connectivity index (χ2v) is 15.7. The maximum absolute atomic E-state index is 14.1. The lowest BCUT2D eigenvalue weighted by molar-refractivity contribution is -0.387. The lowest BCUT2D eigenvalue weighted by Crippen LogP contribution is -2.65. The topological polar surface area (TPSA) is 165 Å². The zero-order valence-corrected chi connectivity index (χ0v) is 27.0. The van der Waals surface area contributed by atoms with E-state index in [1.807, 2.05) is 20.8 Å². The molecular weight excluding hydrogens is 606 g/mol. The normalized spacial score (nSPS) is 19.5. The molecule has 240 valence electrons. The predicted molar refractivity (Wildman–Crippen MR) is 168 cm³/mol. The van der Waals surface area contributed by atoms with Crippen molar-refractivity contribution in [3.8, 4) is 0 Å². The Morgan fingerprint density at radius 2 is 1.64 bits per heavy atom. The summed E-state index contributed by atoms with van der Waals surface area (Å²) < 4.78 is 28.2. The molecule has 4 rings (SSSR count). The van der Waals surface area contributed by atoms with Crippen molar-refractivity contribution in [2.45, 2.75) is 87.4 Å². The minimum Gasteiger partial charge on any atom is -0.351 e. The number of rotatable bonds is 9. The molecule has 1 heterocycles. The summed E-state index contributed by atoms with van der Waals surface area (Å²) in [6.45, 7) is 6.47. The third-order valence-corrected chi connectivity index (χ3v) is 11.3. The number of nitrogens with two attached hydrogens (primary N) is 1. The molecule has 1 aliphatic carbocycles. The number of nitrogens with one attached hydrogen (secondary N) is 2. The quantitative estimate of drug-likeness (QED) is 0.264. The van der Waals surface area contributed by atoms with Crippen LogP contribution < -0.4 is 16.5 Å². The molecule has 2 aromatic carbocycles. The Balaban J connectivity index is 1.63. The molecule has 1 aliphatic heterocycles. The Morgan fingerprint density at radius 1 is 1.05 bits per heavy atom. The number of benzene rings is 2. The van der Waals surface area contributed by atoms with Crippen molar-refractivity contribution in [3.05, 3.63) is 69.2 Å². The van der Waals surface area contributed by atoms with Gasteiger partial charge >= 0.3 is 0 Å². The fraction of sp³-hybridized carbons (Fsp3) is 0.548. The molecule has 2 fully saturated rings. The number of carbonyl (C=O) groups is 2. The largest absolute Gasteiger partial charge is 0.351 e. The van der Waals surface area contributed by atoms with Crippen LogP contribution in [0.2, 0.25) is 5.02 Å². The Labute approximate surface area is 263 Å². The van der Waals surface area contributed by atoms with E-state index in [9.17, 15) is 28.1 Å². The highest BCUT2D eigenvalue weighted by atomic mass is 35.5. The summed E-state index contributed by atoms with van der Waals surface area (Å²) in [6.07, 6.45) is 5.71. The van der Waals surface area contributed by atoms with Crippen LogP contribution in [0.15, 0.2) is 53.4 Å². The Hall–Kier alpha value is -3.06. The number of piperidine rings is 1. The molecule has 1 saturated carbocycles. The van der Waals surface area contributed by atoms with Crippen molar-refractivity contribution in [2.24, 2.45) is 17.1 Å². The molecule has 1 atom stereocenters. The van der Waals surface area contributed by atoms with Crippen molar-refractivity contribution in [1.29, 1.82) is 0 Å². The maximum Gasteiger partial charge on any atom is 0.288 e. The van der Waals surface area contributed by atoms with E-state index in [-0.39, 0.29) is 11.8 Å². The monoisotopic (exact) mass is 647 g/mol. The summed E-state index contributed by atoms with van der Waals surface area (Å²) in [5, 5.41) is 17.0. The molecule has 2 aliphatic rings. The number of sulfone groups is 1. The smallest absolute Gasteiger partial charge is 0.288 e. The van der Waals surface area contributed by atoms with Gasteiger partial charge in [-0.1, -0.05) is 55.1 Å². The summed E-state index contributed by atoms with van der Waals surface area (Å²) >= 11 is 6.01. The SMILES string of the molecule is CC(C)(C)NC(=O)C1(C2CCCCC2)CCN(NC(=O)[C@@](N)(Cc2ccc(Cl)cc2)S(=O)(=O)c2ccccc2[N+](=O)[O-])CC1. The molecule has 0 radical (unpaired) electrons. The molecule has 0 spiro atoms. The van der Waals surface area contributed by atoms with E-state index in [2.05, 4.69) is 10.7 Å². The van der Waals surface area contributed by atoms with E-state index >= 15 is 0 Å². The van der Waals surface area contributed by atoms with Crippen molar-refractivity contribution < 1.29 is 22.9 Å². The molecule has 44 heavy (non-hydrogen) atoms. The van der Waals surface area contributed by atoms with Gasteiger partial charge in [0.1, 0.15) is 4.90 Å². The van der Waals surface area contributed by atoms with Gasteiger partial charge in [-0.2, -0.15) is 0 Å². The van der Waals surface area contributed by atoms with Gasteiger partial charge in [0.25, 0.3) is 11.6 Å². The predicted octanol–water partition coefficient (Wildman–Crippen LogP) is 4.53. The van der Waals surface area contributed by atoms with Gasteiger partial charge in [-0.15, -0.1) is 0 Å². The molecule has 4 N–H and O–H groups in total. The van der Waals surface area contributed by atoms with Crippen LogP contribution in [-0.2, 0) is 25.8 Å². The summed E-state index contributed by atoms with van der Waals surface area (Å²) in [6, 6.07) is 11.0. The molecule has 13 heteroatoms. The van der Waals surface area contributed by atoms with E-state index in [1.165, 1.54) is 12.1 Å². The van der Waals surface area contributed by atoms with E-state index in [0.717, 1.165) is 44.2 Å². The zero-order chi connectivity index (χ0) is 32.3. The van der Waals surface area contributed by atoms with Crippen molar-refractivity contribution in [2.75, 3.05) is 13.1 Å². The van der Waals surface area contributed by atoms with Gasteiger partial charge in [-0.3, -0.25) is 25.1 Å². The van der Waals surface area contributed by atoms with Crippen molar-refractivity contribution in [3.63, 3.8) is 0 Å². The van der Waals surface area contributed by atoms with Crippen LogP contribution in [0.3, 0.4) is 0 Å². The van der Waals surface area contributed by atoms with E-state index in [0.29, 0.717) is 36.5 Å². The molecule has 2 amide bonds. The number of halogens is 1. The first-order chi connectivity index (χ1) is 20.6. The fourth-order valence-corrected chi connectivity index (χ4v) is 8.27. The summed E-state index contributed by atoms with van der Waals surface area (Å²) in [4.78, 5) is 35.4. The number of amides is 2. The van der Waals surface area contributed by atoms with Gasteiger partial charge in [0.05, 0.1) is 10.3 Å². The summed E-state index contributed by atoms with van der Waals surface area (Å²) in [7, 11) is -4.81. The molecule has 0 unspecified atom stereocenters. The lowest BCUT2D eigenvalue weighted by Gasteiger charge is -2.47. The minimum absolute atomic E-state index is 0.0118. The molecule has 0 bridgehead atoms. The molecule has 1 saturated heterocycles.